The van der Waals surface area contributed by atoms with Gasteiger partial charge in [-0.2, -0.15) is 0 Å². The number of rotatable bonds is 5. The molecule has 2 aromatic heterocycles. The highest BCUT2D eigenvalue weighted by molar-refractivity contribution is 5.96. The van der Waals surface area contributed by atoms with Gasteiger partial charge in [0.15, 0.2) is 5.78 Å². The van der Waals surface area contributed by atoms with Gasteiger partial charge >= 0.3 is 0 Å². The number of aromatic nitrogens is 2. The van der Waals surface area contributed by atoms with E-state index in [0.29, 0.717) is 11.6 Å². The average molecular weight is 311 g/mol. The maximum absolute atomic E-state index is 12.6. The Hall–Kier alpha value is -2.27. The van der Waals surface area contributed by atoms with Crippen LogP contribution in [0.4, 0.5) is 0 Å². The molecular formula is C18H21N3O2. The van der Waals surface area contributed by atoms with E-state index < -0.39 is 0 Å². The van der Waals surface area contributed by atoms with Crippen molar-refractivity contribution in [3.05, 3.63) is 54.0 Å². The lowest BCUT2D eigenvalue weighted by Crippen LogP contribution is -2.38. The van der Waals surface area contributed by atoms with E-state index in [2.05, 4.69) is 14.9 Å². The molecule has 3 heterocycles. The zero-order valence-electron chi connectivity index (χ0n) is 13.3. The molecule has 5 heteroatoms. The van der Waals surface area contributed by atoms with Gasteiger partial charge in [-0.05, 0) is 37.1 Å². The van der Waals surface area contributed by atoms with Crippen LogP contribution in [0.2, 0.25) is 0 Å². The van der Waals surface area contributed by atoms with Gasteiger partial charge in [0.25, 0.3) is 0 Å². The monoisotopic (exact) mass is 311 g/mol. The summed E-state index contributed by atoms with van der Waals surface area (Å²) in [7, 11) is 1.61. The molecule has 0 radical (unpaired) electrons. The number of hydrogen-bond acceptors (Lipinski definition) is 5. The number of carbonyl (C=O) groups excluding carboxylic acids is 1. The molecule has 0 amide bonds. The molecule has 0 aromatic carbocycles. The van der Waals surface area contributed by atoms with Crippen LogP contribution in [0.5, 0.6) is 5.88 Å². The number of Topliss-reactive ketones (excluding diaryl/α,β-unsaturated/α-hetero) is 1. The lowest BCUT2D eigenvalue weighted by Gasteiger charge is -2.31. The normalized spacial score (nSPS) is 18.6. The van der Waals surface area contributed by atoms with Gasteiger partial charge in [0.1, 0.15) is 5.69 Å². The molecule has 1 aliphatic heterocycles. The Morgan fingerprint density at radius 2 is 2.22 bits per heavy atom. The highest BCUT2D eigenvalue weighted by atomic mass is 16.5. The first-order valence-electron chi connectivity index (χ1n) is 7.93. The summed E-state index contributed by atoms with van der Waals surface area (Å²) >= 11 is 0. The largest absolute Gasteiger partial charge is 0.481 e. The van der Waals surface area contributed by atoms with Crippen molar-refractivity contribution in [1.82, 2.24) is 14.9 Å². The first-order chi connectivity index (χ1) is 11.3. The minimum absolute atomic E-state index is 0.0323. The first kappa shape index (κ1) is 15.6. The van der Waals surface area contributed by atoms with Gasteiger partial charge in [-0.1, -0.05) is 12.1 Å². The standard InChI is InChI=1S/C18H21N3O2/c1-23-17-8-7-14(11-20-17)12-21-10-4-5-15(13-21)18(22)16-6-2-3-9-19-16/h2-3,6-9,11,15H,4-5,10,12-13H2,1H3/t15-/m1/s1. The number of likely N-dealkylation sites (tertiary alicyclic amines) is 1. The summed E-state index contributed by atoms with van der Waals surface area (Å²) in [6, 6.07) is 9.39. The van der Waals surface area contributed by atoms with Crippen LogP contribution in [-0.2, 0) is 6.54 Å². The van der Waals surface area contributed by atoms with Gasteiger partial charge in [-0.3, -0.25) is 14.7 Å². The van der Waals surface area contributed by atoms with Crippen LogP contribution in [0.25, 0.3) is 0 Å². The molecule has 0 bridgehead atoms. The zero-order valence-corrected chi connectivity index (χ0v) is 13.3. The Kier molecular flexibility index (Phi) is 4.98. The van der Waals surface area contributed by atoms with E-state index in [9.17, 15) is 4.79 Å². The summed E-state index contributed by atoms with van der Waals surface area (Å²) in [4.78, 5) is 23.3. The van der Waals surface area contributed by atoms with E-state index >= 15 is 0 Å². The Labute approximate surface area is 136 Å². The number of ketones is 1. The third-order valence-corrected chi connectivity index (χ3v) is 4.21. The molecule has 23 heavy (non-hydrogen) atoms. The van der Waals surface area contributed by atoms with Crippen LogP contribution < -0.4 is 4.74 Å². The fourth-order valence-corrected chi connectivity index (χ4v) is 3.01. The number of carbonyl (C=O) groups is 1. The number of ether oxygens (including phenoxy) is 1. The SMILES string of the molecule is COc1ccc(CN2CCC[C@@H](C(=O)c3ccccn3)C2)cn1. The van der Waals surface area contributed by atoms with Crippen LogP contribution in [-0.4, -0.2) is 40.9 Å². The summed E-state index contributed by atoms with van der Waals surface area (Å²) in [5.41, 5.74) is 1.71. The average Bonchev–Trinajstić information content (AvgIpc) is 2.63. The van der Waals surface area contributed by atoms with Crippen molar-refractivity contribution in [2.45, 2.75) is 19.4 Å². The minimum Gasteiger partial charge on any atom is -0.481 e. The number of methoxy groups -OCH3 is 1. The van der Waals surface area contributed by atoms with Crippen molar-refractivity contribution < 1.29 is 9.53 Å². The fraction of sp³-hybridized carbons (Fsp3) is 0.389. The molecule has 0 unspecified atom stereocenters. The van der Waals surface area contributed by atoms with Crippen molar-refractivity contribution >= 4 is 5.78 Å². The van der Waals surface area contributed by atoms with Gasteiger partial charge < -0.3 is 4.74 Å². The van der Waals surface area contributed by atoms with Crippen LogP contribution in [0.1, 0.15) is 28.9 Å². The Morgan fingerprint density at radius 3 is 2.91 bits per heavy atom. The summed E-state index contributed by atoms with van der Waals surface area (Å²) in [6.07, 6.45) is 5.49. The molecular weight excluding hydrogens is 290 g/mol. The van der Waals surface area contributed by atoms with E-state index in [1.54, 1.807) is 19.4 Å². The quantitative estimate of drug-likeness (QED) is 0.794. The van der Waals surface area contributed by atoms with Crippen LogP contribution in [0, 0.1) is 5.92 Å². The lowest BCUT2D eigenvalue weighted by atomic mass is 9.91. The third kappa shape index (κ3) is 3.93. The van der Waals surface area contributed by atoms with E-state index in [1.807, 2.05) is 30.5 Å². The minimum atomic E-state index is 0.0323. The summed E-state index contributed by atoms with van der Waals surface area (Å²) in [5, 5.41) is 0. The molecule has 0 saturated carbocycles. The Morgan fingerprint density at radius 1 is 1.30 bits per heavy atom. The van der Waals surface area contributed by atoms with Crippen molar-refractivity contribution in [2.75, 3.05) is 20.2 Å². The van der Waals surface area contributed by atoms with Crippen LogP contribution >= 0.6 is 0 Å². The lowest BCUT2D eigenvalue weighted by molar-refractivity contribution is 0.0806. The molecule has 120 valence electrons. The summed E-state index contributed by atoms with van der Waals surface area (Å²) in [6.45, 7) is 2.60. The van der Waals surface area contributed by atoms with Gasteiger partial charge in [-0.15, -0.1) is 0 Å². The zero-order chi connectivity index (χ0) is 16.1. The van der Waals surface area contributed by atoms with Crippen molar-refractivity contribution in [3.8, 4) is 5.88 Å². The van der Waals surface area contributed by atoms with Gasteiger partial charge in [0.2, 0.25) is 5.88 Å². The van der Waals surface area contributed by atoms with Crippen LogP contribution in [0.3, 0.4) is 0 Å². The van der Waals surface area contributed by atoms with E-state index in [-0.39, 0.29) is 11.7 Å². The highest BCUT2D eigenvalue weighted by Gasteiger charge is 2.27. The first-order valence-corrected chi connectivity index (χ1v) is 7.93. The second-order valence-corrected chi connectivity index (χ2v) is 5.86. The van der Waals surface area contributed by atoms with Gasteiger partial charge in [0.05, 0.1) is 7.11 Å². The molecule has 1 aliphatic rings. The molecule has 1 atom stereocenters. The van der Waals surface area contributed by atoms with Crippen molar-refractivity contribution in [2.24, 2.45) is 5.92 Å². The molecule has 0 aliphatic carbocycles. The van der Waals surface area contributed by atoms with E-state index in [1.165, 1.54) is 0 Å². The molecule has 0 spiro atoms. The Bertz CT molecular complexity index is 643. The van der Waals surface area contributed by atoms with E-state index in [0.717, 1.165) is 38.0 Å². The molecule has 0 N–H and O–H groups in total. The smallest absolute Gasteiger partial charge is 0.212 e. The molecule has 5 nitrogen and oxygen atoms in total. The number of hydrogen-bond donors (Lipinski definition) is 0. The molecule has 1 fully saturated rings. The van der Waals surface area contributed by atoms with Crippen LogP contribution in [0.15, 0.2) is 42.7 Å². The topological polar surface area (TPSA) is 55.3 Å². The second kappa shape index (κ2) is 7.33. The van der Waals surface area contributed by atoms with Crippen molar-refractivity contribution in [3.63, 3.8) is 0 Å². The fourth-order valence-electron chi connectivity index (χ4n) is 3.01. The summed E-state index contributed by atoms with van der Waals surface area (Å²) < 4.78 is 5.08. The molecule has 1 saturated heterocycles. The predicted octanol–water partition coefficient (Wildman–Crippen LogP) is 2.58. The van der Waals surface area contributed by atoms with Gasteiger partial charge in [-0.25, -0.2) is 4.98 Å². The number of pyridine rings is 2. The second-order valence-electron chi connectivity index (χ2n) is 5.86. The predicted molar refractivity (Wildman–Crippen MR) is 87.4 cm³/mol. The maximum Gasteiger partial charge on any atom is 0.212 e. The summed E-state index contributed by atoms with van der Waals surface area (Å²) in [5.74, 6) is 0.809. The number of piperidine rings is 1. The van der Waals surface area contributed by atoms with Crippen molar-refractivity contribution in [1.29, 1.82) is 0 Å². The molecule has 3 rings (SSSR count). The number of nitrogens with zero attached hydrogens (tertiary/aromatic N) is 3. The third-order valence-electron chi connectivity index (χ3n) is 4.21. The Balaban J connectivity index is 1.62. The van der Waals surface area contributed by atoms with Gasteiger partial charge in [0, 0.05) is 37.5 Å². The highest BCUT2D eigenvalue weighted by Crippen LogP contribution is 2.22. The van der Waals surface area contributed by atoms with E-state index in [4.69, 9.17) is 4.74 Å². The maximum atomic E-state index is 12.6. The molecule has 2 aromatic rings.